The van der Waals surface area contributed by atoms with Crippen LogP contribution in [0.5, 0.6) is 0 Å². The predicted octanol–water partition coefficient (Wildman–Crippen LogP) is 6.91. The summed E-state index contributed by atoms with van der Waals surface area (Å²) in [7, 11) is 0. The Kier molecular flexibility index (Phi) is 8.30. The average Bonchev–Trinajstić information content (AvgIpc) is 3.47. The first kappa shape index (κ1) is 27.6. The molecule has 1 fully saturated rings. The first-order chi connectivity index (χ1) is 19.3. The number of piperidine rings is 1. The van der Waals surface area contributed by atoms with Gasteiger partial charge in [-0.15, -0.1) is 11.3 Å². The number of nitrogens with zero attached hydrogens (tertiary/aromatic N) is 3. The Labute approximate surface area is 236 Å². The number of nitrogens with one attached hydrogen (secondary N) is 1. The molecule has 40 heavy (non-hydrogen) atoms. The van der Waals surface area contributed by atoms with Crippen LogP contribution in [0.2, 0.25) is 0 Å². The molecule has 2 aromatic carbocycles. The van der Waals surface area contributed by atoms with Crippen molar-refractivity contribution < 1.29 is 18.4 Å². The fraction of sp³-hybridized carbons (Fsp3) is 0.290. The molecule has 0 saturated carbocycles. The third-order valence-corrected chi connectivity index (χ3v) is 8.16. The number of hydrogen-bond donors (Lipinski definition) is 1. The summed E-state index contributed by atoms with van der Waals surface area (Å²) in [6.07, 6.45) is 6.25. The monoisotopic (exact) mass is 560 g/mol. The van der Waals surface area contributed by atoms with Gasteiger partial charge in [0.25, 0.3) is 11.8 Å². The van der Waals surface area contributed by atoms with Crippen LogP contribution in [0.1, 0.15) is 58.7 Å². The van der Waals surface area contributed by atoms with Crippen molar-refractivity contribution in [2.75, 3.05) is 18.4 Å². The summed E-state index contributed by atoms with van der Waals surface area (Å²) in [5.41, 5.74) is 3.05. The number of halogens is 2. The molecule has 4 aromatic rings. The number of alkyl halides is 2. The highest BCUT2D eigenvalue weighted by Crippen LogP contribution is 2.34. The predicted molar refractivity (Wildman–Crippen MR) is 153 cm³/mol. The number of carbonyl (C=O) groups excluding carboxylic acids is 2. The zero-order valence-electron chi connectivity index (χ0n) is 22.1. The lowest BCUT2D eigenvalue weighted by atomic mass is 9.97. The number of carbonyl (C=O) groups is 2. The van der Waals surface area contributed by atoms with Crippen molar-refractivity contribution >= 4 is 28.8 Å². The van der Waals surface area contributed by atoms with Gasteiger partial charge in [-0.05, 0) is 48.6 Å². The fourth-order valence-electron chi connectivity index (χ4n) is 4.90. The molecule has 9 heteroatoms. The number of amides is 2. The number of thiazole rings is 1. The third kappa shape index (κ3) is 6.59. The van der Waals surface area contributed by atoms with Gasteiger partial charge in [-0.2, -0.15) is 0 Å². The molecule has 3 heterocycles. The number of benzene rings is 2. The number of rotatable bonds is 8. The largest absolute Gasteiger partial charge is 0.343 e. The van der Waals surface area contributed by atoms with Crippen LogP contribution in [-0.4, -0.2) is 39.8 Å². The van der Waals surface area contributed by atoms with E-state index in [2.05, 4.69) is 15.3 Å². The highest BCUT2D eigenvalue weighted by atomic mass is 32.1. The molecule has 0 atom stereocenters. The van der Waals surface area contributed by atoms with Gasteiger partial charge in [0.15, 0.2) is 0 Å². The number of hydrogen-bond acceptors (Lipinski definition) is 5. The van der Waals surface area contributed by atoms with Crippen molar-refractivity contribution in [1.82, 2.24) is 14.9 Å². The third-order valence-electron chi connectivity index (χ3n) is 7.16. The van der Waals surface area contributed by atoms with E-state index in [1.165, 1.54) is 23.5 Å². The van der Waals surface area contributed by atoms with Crippen LogP contribution < -0.4 is 5.32 Å². The molecule has 0 spiro atoms. The average molecular weight is 561 g/mol. The molecule has 2 amide bonds. The Bertz CT molecular complexity index is 1480. The van der Waals surface area contributed by atoms with Gasteiger partial charge in [0.2, 0.25) is 5.91 Å². The molecule has 1 aliphatic heterocycles. The van der Waals surface area contributed by atoms with Crippen LogP contribution in [-0.2, 0) is 17.1 Å². The molecule has 0 aliphatic carbocycles. The Morgan fingerprint density at radius 3 is 2.62 bits per heavy atom. The summed E-state index contributed by atoms with van der Waals surface area (Å²) in [6.45, 7) is 2.20. The van der Waals surface area contributed by atoms with E-state index in [9.17, 15) is 18.4 Å². The van der Waals surface area contributed by atoms with E-state index in [-0.39, 0.29) is 23.3 Å². The van der Waals surface area contributed by atoms with Gasteiger partial charge in [0, 0.05) is 66.9 Å². The van der Waals surface area contributed by atoms with E-state index in [0.717, 1.165) is 30.3 Å². The summed E-state index contributed by atoms with van der Waals surface area (Å²) in [4.78, 5) is 36.4. The van der Waals surface area contributed by atoms with E-state index < -0.39 is 5.92 Å². The molecule has 0 unspecified atom stereocenters. The van der Waals surface area contributed by atoms with E-state index >= 15 is 0 Å². The minimum absolute atomic E-state index is 0.0866. The number of pyridine rings is 1. The van der Waals surface area contributed by atoms with Crippen molar-refractivity contribution in [3.05, 3.63) is 100 Å². The summed E-state index contributed by atoms with van der Waals surface area (Å²) < 4.78 is 27.8. The Balaban J connectivity index is 1.19. The van der Waals surface area contributed by atoms with Crippen molar-refractivity contribution in [1.29, 1.82) is 0 Å². The molecule has 6 nitrogen and oxygen atoms in total. The van der Waals surface area contributed by atoms with Gasteiger partial charge in [0.1, 0.15) is 5.69 Å². The smallest absolute Gasteiger partial charge is 0.275 e. The standard InChI is InChI=1S/C31H30F2N4O2S/c1-31(32,33)24-8-4-7-23(18-24)25-9-2-3-10-26(25)35-29(39)27-20-40-30(36-27)22-13-16-37(17-14-22)28(38)12-11-21-6-5-15-34-19-21/h2-10,15,18-20,22H,11-14,16-17H2,1H3,(H,35,39). The number of aromatic nitrogens is 2. The number of aryl methyl sites for hydroxylation is 1. The van der Waals surface area contributed by atoms with Crippen LogP contribution in [0, 0.1) is 0 Å². The maximum atomic E-state index is 13.9. The van der Waals surface area contributed by atoms with Gasteiger partial charge in [-0.1, -0.05) is 42.5 Å². The maximum absolute atomic E-state index is 13.9. The van der Waals surface area contributed by atoms with Gasteiger partial charge in [-0.25, -0.2) is 13.8 Å². The molecule has 2 aromatic heterocycles. The van der Waals surface area contributed by atoms with E-state index in [1.54, 1.807) is 54.2 Å². The first-order valence-electron chi connectivity index (χ1n) is 13.3. The van der Waals surface area contributed by atoms with Gasteiger partial charge in [0.05, 0.1) is 5.01 Å². The van der Waals surface area contributed by atoms with E-state index in [4.69, 9.17) is 0 Å². The van der Waals surface area contributed by atoms with Gasteiger partial charge >= 0.3 is 0 Å². The molecule has 5 rings (SSSR count). The Morgan fingerprint density at radius 1 is 1.07 bits per heavy atom. The molecule has 1 aliphatic rings. The second-order valence-corrected chi connectivity index (χ2v) is 10.9. The lowest BCUT2D eigenvalue weighted by Crippen LogP contribution is -2.38. The fourth-order valence-corrected chi connectivity index (χ4v) is 5.87. The molecule has 1 saturated heterocycles. The highest BCUT2D eigenvalue weighted by Gasteiger charge is 2.27. The lowest BCUT2D eigenvalue weighted by molar-refractivity contribution is -0.132. The molecule has 1 N–H and O–H groups in total. The first-order valence-corrected chi connectivity index (χ1v) is 14.2. The number of para-hydroxylation sites is 1. The van der Waals surface area contributed by atoms with Crippen molar-refractivity contribution in [3.63, 3.8) is 0 Å². The van der Waals surface area contributed by atoms with E-state index in [1.807, 2.05) is 17.0 Å². The summed E-state index contributed by atoms with van der Waals surface area (Å²) >= 11 is 1.45. The quantitative estimate of drug-likeness (QED) is 0.254. The second kappa shape index (κ2) is 12.0. The minimum Gasteiger partial charge on any atom is -0.343 e. The SMILES string of the molecule is CC(F)(F)c1cccc(-c2ccccc2NC(=O)c2csc(C3CCN(C(=O)CCc4cccnc4)CC3)n2)c1. The lowest BCUT2D eigenvalue weighted by Gasteiger charge is -2.31. The van der Waals surface area contributed by atoms with Gasteiger partial charge < -0.3 is 10.2 Å². The molecular weight excluding hydrogens is 530 g/mol. The van der Waals surface area contributed by atoms with Crippen LogP contribution in [0.15, 0.2) is 78.4 Å². The normalized spacial score (nSPS) is 14.2. The second-order valence-electron chi connectivity index (χ2n) is 10.1. The number of likely N-dealkylation sites (tertiary alicyclic amines) is 1. The Morgan fingerprint density at radius 2 is 1.88 bits per heavy atom. The Hall–Kier alpha value is -3.98. The van der Waals surface area contributed by atoms with Crippen molar-refractivity contribution in [2.24, 2.45) is 0 Å². The molecule has 0 radical (unpaired) electrons. The van der Waals surface area contributed by atoms with Crippen LogP contribution in [0.4, 0.5) is 14.5 Å². The maximum Gasteiger partial charge on any atom is 0.275 e. The van der Waals surface area contributed by atoms with Crippen LogP contribution in [0.25, 0.3) is 11.1 Å². The zero-order valence-corrected chi connectivity index (χ0v) is 23.0. The molecule has 206 valence electrons. The van der Waals surface area contributed by atoms with E-state index in [0.29, 0.717) is 48.4 Å². The zero-order chi connectivity index (χ0) is 28.1. The van der Waals surface area contributed by atoms with Crippen molar-refractivity contribution in [3.8, 4) is 11.1 Å². The molecular formula is C31H30F2N4O2S. The minimum atomic E-state index is -2.96. The summed E-state index contributed by atoms with van der Waals surface area (Å²) in [5, 5.41) is 5.54. The topological polar surface area (TPSA) is 75.2 Å². The highest BCUT2D eigenvalue weighted by molar-refractivity contribution is 7.10. The van der Waals surface area contributed by atoms with Crippen LogP contribution in [0.3, 0.4) is 0 Å². The molecule has 0 bridgehead atoms. The van der Waals surface area contributed by atoms with Crippen LogP contribution >= 0.6 is 11.3 Å². The summed E-state index contributed by atoms with van der Waals surface area (Å²) in [5.74, 6) is -2.97. The van der Waals surface area contributed by atoms with Crippen molar-refractivity contribution in [2.45, 2.75) is 44.4 Å². The van der Waals surface area contributed by atoms with Gasteiger partial charge in [-0.3, -0.25) is 14.6 Å². The summed E-state index contributed by atoms with van der Waals surface area (Å²) in [6, 6.07) is 17.2. The number of anilines is 1.